The number of ether oxygens (including phenoxy) is 1. The maximum absolute atomic E-state index is 12.0. The first-order valence-corrected chi connectivity index (χ1v) is 9.29. The lowest BCUT2D eigenvalue weighted by Gasteiger charge is -2.07. The molecule has 0 spiro atoms. The molecule has 118 valence electrons. The van der Waals surface area contributed by atoms with Crippen molar-refractivity contribution < 1.29 is 13.7 Å². The Kier molecular flexibility index (Phi) is 6.76. The van der Waals surface area contributed by atoms with Crippen LogP contribution in [0.2, 0.25) is 0 Å². The van der Waals surface area contributed by atoms with Gasteiger partial charge in [0.1, 0.15) is 0 Å². The Balaban J connectivity index is 1.90. The van der Waals surface area contributed by atoms with Gasteiger partial charge in [-0.3, -0.25) is 9.00 Å². The Morgan fingerprint density at radius 1 is 1.32 bits per heavy atom. The summed E-state index contributed by atoms with van der Waals surface area (Å²) in [4.78, 5) is 13.0. The third kappa shape index (κ3) is 5.71. The van der Waals surface area contributed by atoms with Crippen molar-refractivity contribution >= 4 is 33.7 Å². The molecular formula is C16H19NO3S2. The standard InChI is InChI=1S/C16H19NO3S2/c1-20-7-9-22(19)12-13-4-2-5-14(10-13)17-16(18)11-15-6-3-8-21-15/h2-6,8,10H,7,9,11-12H2,1H3,(H,17,18). The zero-order chi connectivity index (χ0) is 15.8. The maximum Gasteiger partial charge on any atom is 0.229 e. The van der Waals surface area contributed by atoms with Crippen LogP contribution in [-0.2, 0) is 32.5 Å². The Bertz CT molecular complexity index is 626. The molecule has 2 rings (SSSR count). The lowest BCUT2D eigenvalue weighted by atomic mass is 10.2. The van der Waals surface area contributed by atoms with Gasteiger partial charge in [-0.1, -0.05) is 18.2 Å². The summed E-state index contributed by atoms with van der Waals surface area (Å²) in [7, 11) is 0.644. The van der Waals surface area contributed by atoms with Crippen LogP contribution in [0.1, 0.15) is 10.4 Å². The van der Waals surface area contributed by atoms with E-state index in [2.05, 4.69) is 5.32 Å². The van der Waals surface area contributed by atoms with Gasteiger partial charge in [0, 0.05) is 40.0 Å². The molecule has 0 saturated heterocycles. The summed E-state index contributed by atoms with van der Waals surface area (Å²) < 4.78 is 16.8. The number of methoxy groups -OCH3 is 1. The maximum atomic E-state index is 12.0. The van der Waals surface area contributed by atoms with Crippen molar-refractivity contribution in [2.24, 2.45) is 0 Å². The fraction of sp³-hybridized carbons (Fsp3) is 0.312. The number of nitrogens with one attached hydrogen (secondary N) is 1. The van der Waals surface area contributed by atoms with Crippen LogP contribution in [0.25, 0.3) is 0 Å². The van der Waals surface area contributed by atoms with Crippen molar-refractivity contribution in [2.45, 2.75) is 12.2 Å². The number of thiophene rings is 1. The van der Waals surface area contributed by atoms with Gasteiger partial charge in [-0.25, -0.2) is 0 Å². The zero-order valence-corrected chi connectivity index (χ0v) is 14.0. The minimum atomic E-state index is -0.954. The highest BCUT2D eigenvalue weighted by Gasteiger charge is 2.07. The molecule has 1 amide bonds. The van der Waals surface area contributed by atoms with Gasteiger partial charge in [-0.05, 0) is 29.1 Å². The van der Waals surface area contributed by atoms with Crippen molar-refractivity contribution in [1.82, 2.24) is 0 Å². The average molecular weight is 337 g/mol. The van der Waals surface area contributed by atoms with Crippen LogP contribution in [0.3, 0.4) is 0 Å². The third-order valence-corrected chi connectivity index (χ3v) is 5.12. The molecule has 22 heavy (non-hydrogen) atoms. The summed E-state index contributed by atoms with van der Waals surface area (Å²) in [5.74, 6) is 0.948. The van der Waals surface area contributed by atoms with Crippen LogP contribution in [0.15, 0.2) is 41.8 Å². The summed E-state index contributed by atoms with van der Waals surface area (Å²) in [6.45, 7) is 0.490. The third-order valence-electron chi connectivity index (χ3n) is 2.97. The summed E-state index contributed by atoms with van der Waals surface area (Å²) >= 11 is 1.57. The molecule has 0 saturated carbocycles. The van der Waals surface area contributed by atoms with E-state index in [-0.39, 0.29) is 5.91 Å². The van der Waals surface area contributed by atoms with Crippen molar-refractivity contribution in [1.29, 1.82) is 0 Å². The van der Waals surface area contributed by atoms with E-state index in [1.54, 1.807) is 18.4 Å². The highest BCUT2D eigenvalue weighted by atomic mass is 32.2. The van der Waals surface area contributed by atoms with Crippen LogP contribution in [0.5, 0.6) is 0 Å². The molecule has 2 aromatic rings. The second kappa shape index (κ2) is 8.82. The lowest BCUT2D eigenvalue weighted by molar-refractivity contribution is -0.115. The Morgan fingerprint density at radius 3 is 2.91 bits per heavy atom. The van der Waals surface area contributed by atoms with Crippen molar-refractivity contribution in [3.63, 3.8) is 0 Å². The summed E-state index contributed by atoms with van der Waals surface area (Å²) in [5, 5.41) is 4.84. The number of carbonyl (C=O) groups excluding carboxylic acids is 1. The van der Waals surface area contributed by atoms with Gasteiger partial charge < -0.3 is 10.1 Å². The minimum absolute atomic E-state index is 0.0416. The molecule has 0 bridgehead atoms. The number of hydrogen-bond acceptors (Lipinski definition) is 4. The van der Waals surface area contributed by atoms with E-state index >= 15 is 0 Å². The van der Waals surface area contributed by atoms with Crippen LogP contribution < -0.4 is 5.32 Å². The van der Waals surface area contributed by atoms with Gasteiger partial charge in [0.2, 0.25) is 5.91 Å². The second-order valence-electron chi connectivity index (χ2n) is 4.79. The number of anilines is 1. The molecule has 0 radical (unpaired) electrons. The number of amides is 1. The van der Waals surface area contributed by atoms with Crippen molar-refractivity contribution in [2.75, 3.05) is 24.8 Å². The monoisotopic (exact) mass is 337 g/mol. The summed E-state index contributed by atoms with van der Waals surface area (Å²) in [5.41, 5.74) is 1.69. The van der Waals surface area contributed by atoms with Gasteiger partial charge in [0.05, 0.1) is 13.0 Å². The highest BCUT2D eigenvalue weighted by molar-refractivity contribution is 7.84. The summed E-state index contributed by atoms with van der Waals surface area (Å²) in [6, 6.07) is 11.4. The predicted octanol–water partition coefficient (Wildman–Crippen LogP) is 2.82. The van der Waals surface area contributed by atoms with Gasteiger partial charge >= 0.3 is 0 Å². The average Bonchev–Trinajstić information content (AvgIpc) is 2.98. The van der Waals surface area contributed by atoms with E-state index in [1.165, 1.54) is 0 Å². The second-order valence-corrected chi connectivity index (χ2v) is 7.39. The molecule has 6 heteroatoms. The van der Waals surface area contributed by atoms with Crippen molar-refractivity contribution in [3.05, 3.63) is 52.2 Å². The lowest BCUT2D eigenvalue weighted by Crippen LogP contribution is -2.14. The van der Waals surface area contributed by atoms with E-state index in [1.807, 2.05) is 41.8 Å². The first-order valence-electron chi connectivity index (χ1n) is 6.92. The van der Waals surface area contributed by atoms with Crippen LogP contribution >= 0.6 is 11.3 Å². The van der Waals surface area contributed by atoms with E-state index in [9.17, 15) is 9.00 Å². The summed E-state index contributed by atoms with van der Waals surface area (Å²) in [6.07, 6.45) is 0.377. The molecule has 0 aliphatic heterocycles. The van der Waals surface area contributed by atoms with Gasteiger partial charge in [0.15, 0.2) is 0 Å². The van der Waals surface area contributed by atoms with Crippen LogP contribution in [-0.4, -0.2) is 29.6 Å². The number of hydrogen-bond donors (Lipinski definition) is 1. The Morgan fingerprint density at radius 2 is 2.18 bits per heavy atom. The molecule has 1 N–H and O–H groups in total. The van der Waals surface area contributed by atoms with E-state index < -0.39 is 10.8 Å². The first kappa shape index (κ1) is 16.9. The predicted molar refractivity (Wildman–Crippen MR) is 91.7 cm³/mol. The van der Waals surface area contributed by atoms with Crippen LogP contribution in [0.4, 0.5) is 5.69 Å². The van der Waals surface area contributed by atoms with E-state index in [0.717, 1.165) is 16.1 Å². The molecule has 0 fully saturated rings. The molecule has 1 aromatic carbocycles. The molecule has 1 aromatic heterocycles. The quantitative estimate of drug-likeness (QED) is 0.806. The fourth-order valence-electron chi connectivity index (χ4n) is 1.95. The molecule has 0 aliphatic rings. The van der Waals surface area contributed by atoms with Crippen LogP contribution in [0, 0.1) is 0 Å². The largest absolute Gasteiger partial charge is 0.384 e. The van der Waals surface area contributed by atoms with Gasteiger partial charge in [-0.2, -0.15) is 0 Å². The molecule has 1 heterocycles. The molecule has 1 atom stereocenters. The normalized spacial score (nSPS) is 12.0. The van der Waals surface area contributed by atoms with Crippen molar-refractivity contribution in [3.8, 4) is 0 Å². The molecule has 1 unspecified atom stereocenters. The number of carbonyl (C=O) groups is 1. The van der Waals surface area contributed by atoms with Gasteiger partial charge in [0.25, 0.3) is 0 Å². The Hall–Kier alpha value is -1.50. The van der Waals surface area contributed by atoms with E-state index in [0.29, 0.717) is 24.5 Å². The number of rotatable bonds is 8. The molecule has 4 nitrogen and oxygen atoms in total. The Labute approximate surface area is 137 Å². The van der Waals surface area contributed by atoms with Gasteiger partial charge in [-0.15, -0.1) is 11.3 Å². The first-order chi connectivity index (χ1) is 10.7. The smallest absolute Gasteiger partial charge is 0.229 e. The fourth-order valence-corrected chi connectivity index (χ4v) is 3.70. The SMILES string of the molecule is COCCS(=O)Cc1cccc(NC(=O)Cc2cccs2)c1. The molecular weight excluding hydrogens is 318 g/mol. The van der Waals surface area contributed by atoms with E-state index in [4.69, 9.17) is 4.74 Å². The molecule has 0 aliphatic carbocycles. The number of benzene rings is 1. The topological polar surface area (TPSA) is 55.4 Å². The zero-order valence-electron chi connectivity index (χ0n) is 12.4. The minimum Gasteiger partial charge on any atom is -0.384 e. The highest BCUT2D eigenvalue weighted by Crippen LogP contribution is 2.14.